The van der Waals surface area contributed by atoms with Gasteiger partial charge in [0.1, 0.15) is 11.3 Å². The summed E-state index contributed by atoms with van der Waals surface area (Å²) in [4.78, 5) is 30.1. The Bertz CT molecular complexity index is 1380. The van der Waals surface area contributed by atoms with Gasteiger partial charge < -0.3 is 14.8 Å². The molecule has 0 atom stereocenters. The maximum absolute atomic E-state index is 12.8. The standard InChI is InChI=1S/C27H28N4O4/c1-5-34-27(33)22-15-28-31(24-13-18(4)21-11-6-7-12-23(21)29-24)26(22)30-25(32)16-35-20-10-8-9-19(14-20)17(2)3/h6-15,17H,5,16H2,1-4H3,(H,30,32). The van der Waals surface area contributed by atoms with Gasteiger partial charge in [-0.1, -0.05) is 44.2 Å². The quantitative estimate of drug-likeness (QED) is 0.361. The molecule has 2 aromatic heterocycles. The van der Waals surface area contributed by atoms with Crippen molar-refractivity contribution in [1.29, 1.82) is 0 Å². The van der Waals surface area contributed by atoms with Gasteiger partial charge in [0.05, 0.1) is 18.3 Å². The number of carbonyl (C=O) groups excluding carboxylic acids is 2. The molecular formula is C27H28N4O4. The number of aryl methyl sites for hydroxylation is 1. The molecule has 0 aliphatic heterocycles. The summed E-state index contributed by atoms with van der Waals surface area (Å²) >= 11 is 0. The molecule has 35 heavy (non-hydrogen) atoms. The molecule has 1 N–H and O–H groups in total. The number of aromatic nitrogens is 3. The van der Waals surface area contributed by atoms with Gasteiger partial charge in [0.2, 0.25) is 0 Å². The molecule has 0 aliphatic carbocycles. The summed E-state index contributed by atoms with van der Waals surface area (Å²) in [6, 6.07) is 17.2. The Morgan fingerprint density at radius 2 is 1.89 bits per heavy atom. The normalized spacial score (nSPS) is 11.0. The molecule has 8 nitrogen and oxygen atoms in total. The fraction of sp³-hybridized carbons (Fsp3) is 0.259. The predicted octanol–water partition coefficient (Wildman–Crippen LogP) is 5.05. The molecule has 0 fully saturated rings. The predicted molar refractivity (Wildman–Crippen MR) is 134 cm³/mol. The van der Waals surface area contributed by atoms with Crippen molar-refractivity contribution < 1.29 is 19.1 Å². The highest BCUT2D eigenvalue weighted by Crippen LogP contribution is 2.25. The molecular weight excluding hydrogens is 444 g/mol. The second-order valence-corrected chi connectivity index (χ2v) is 8.42. The topological polar surface area (TPSA) is 95.3 Å². The highest BCUT2D eigenvalue weighted by molar-refractivity contribution is 6.01. The Hall–Kier alpha value is -4.20. The molecule has 0 aliphatic rings. The number of para-hydroxylation sites is 1. The molecule has 0 radical (unpaired) electrons. The van der Waals surface area contributed by atoms with E-state index in [0.29, 0.717) is 17.5 Å². The lowest BCUT2D eigenvalue weighted by Gasteiger charge is -2.13. The van der Waals surface area contributed by atoms with Crippen molar-refractivity contribution in [3.05, 3.63) is 77.5 Å². The molecule has 4 aromatic rings. The van der Waals surface area contributed by atoms with Crippen molar-refractivity contribution >= 4 is 28.6 Å². The Labute approximate surface area is 203 Å². The van der Waals surface area contributed by atoms with Crippen LogP contribution < -0.4 is 10.1 Å². The summed E-state index contributed by atoms with van der Waals surface area (Å²) in [6.45, 7) is 7.83. The lowest BCUT2D eigenvalue weighted by Crippen LogP contribution is -2.23. The lowest BCUT2D eigenvalue weighted by molar-refractivity contribution is -0.118. The van der Waals surface area contributed by atoms with Gasteiger partial charge in [-0.2, -0.15) is 9.78 Å². The van der Waals surface area contributed by atoms with E-state index < -0.39 is 11.9 Å². The highest BCUT2D eigenvalue weighted by atomic mass is 16.5. The number of carbonyl (C=O) groups is 2. The van der Waals surface area contributed by atoms with Gasteiger partial charge in [0.15, 0.2) is 18.2 Å². The minimum absolute atomic E-state index is 0.134. The van der Waals surface area contributed by atoms with Crippen LogP contribution in [0.15, 0.2) is 60.8 Å². The van der Waals surface area contributed by atoms with Crippen molar-refractivity contribution in [2.45, 2.75) is 33.6 Å². The molecule has 0 saturated carbocycles. The third-order valence-electron chi connectivity index (χ3n) is 5.54. The summed E-state index contributed by atoms with van der Waals surface area (Å²) in [5, 5.41) is 8.12. The SMILES string of the molecule is CCOC(=O)c1cnn(-c2cc(C)c3ccccc3n2)c1NC(=O)COc1cccc(C(C)C)c1. The van der Waals surface area contributed by atoms with Crippen molar-refractivity contribution in [2.75, 3.05) is 18.5 Å². The minimum Gasteiger partial charge on any atom is -0.484 e. The van der Waals surface area contributed by atoms with E-state index in [1.807, 2.05) is 55.5 Å². The summed E-state index contributed by atoms with van der Waals surface area (Å²) in [7, 11) is 0. The lowest BCUT2D eigenvalue weighted by atomic mass is 10.0. The van der Waals surface area contributed by atoms with Crippen LogP contribution in [0.2, 0.25) is 0 Å². The highest BCUT2D eigenvalue weighted by Gasteiger charge is 2.23. The van der Waals surface area contributed by atoms with E-state index in [1.54, 1.807) is 13.0 Å². The second-order valence-electron chi connectivity index (χ2n) is 8.42. The molecule has 2 aromatic carbocycles. The Balaban J connectivity index is 1.63. The van der Waals surface area contributed by atoms with Crippen LogP contribution in [0.4, 0.5) is 5.82 Å². The molecule has 8 heteroatoms. The molecule has 0 saturated heterocycles. The number of nitrogens with one attached hydrogen (secondary N) is 1. The van der Waals surface area contributed by atoms with E-state index >= 15 is 0 Å². The first kappa shape index (κ1) is 23.9. The number of benzene rings is 2. The van der Waals surface area contributed by atoms with Crippen LogP contribution in [-0.2, 0) is 9.53 Å². The maximum Gasteiger partial charge on any atom is 0.343 e. The van der Waals surface area contributed by atoms with E-state index in [2.05, 4.69) is 29.2 Å². The van der Waals surface area contributed by atoms with Gasteiger partial charge in [-0.05, 0) is 55.2 Å². The van der Waals surface area contributed by atoms with Crippen LogP contribution in [0, 0.1) is 6.92 Å². The maximum atomic E-state index is 12.8. The number of anilines is 1. The summed E-state index contributed by atoms with van der Waals surface area (Å²) in [5.74, 6) is 0.554. The number of hydrogen-bond donors (Lipinski definition) is 1. The number of hydrogen-bond acceptors (Lipinski definition) is 6. The smallest absolute Gasteiger partial charge is 0.343 e. The van der Waals surface area contributed by atoms with Gasteiger partial charge in [0.25, 0.3) is 5.91 Å². The summed E-state index contributed by atoms with van der Waals surface area (Å²) in [6.07, 6.45) is 1.37. The van der Waals surface area contributed by atoms with Gasteiger partial charge in [-0.15, -0.1) is 0 Å². The van der Waals surface area contributed by atoms with Crippen LogP contribution in [0.3, 0.4) is 0 Å². The second kappa shape index (κ2) is 10.4. The first-order valence-corrected chi connectivity index (χ1v) is 11.5. The average Bonchev–Trinajstić information content (AvgIpc) is 3.26. The van der Waals surface area contributed by atoms with Crippen LogP contribution in [0.25, 0.3) is 16.7 Å². The Morgan fingerprint density at radius 3 is 2.66 bits per heavy atom. The van der Waals surface area contributed by atoms with Gasteiger partial charge >= 0.3 is 5.97 Å². The van der Waals surface area contributed by atoms with Crippen molar-refractivity contribution in [1.82, 2.24) is 14.8 Å². The third kappa shape index (κ3) is 5.32. The van der Waals surface area contributed by atoms with E-state index in [9.17, 15) is 9.59 Å². The van der Waals surface area contributed by atoms with E-state index in [1.165, 1.54) is 10.9 Å². The zero-order chi connectivity index (χ0) is 24.9. The fourth-order valence-electron chi connectivity index (χ4n) is 3.72. The van der Waals surface area contributed by atoms with Crippen molar-refractivity contribution in [2.24, 2.45) is 0 Å². The van der Waals surface area contributed by atoms with Gasteiger partial charge in [-0.25, -0.2) is 9.78 Å². The van der Waals surface area contributed by atoms with Crippen LogP contribution >= 0.6 is 0 Å². The fourth-order valence-corrected chi connectivity index (χ4v) is 3.72. The number of pyridine rings is 1. The molecule has 0 spiro atoms. The molecule has 0 unspecified atom stereocenters. The molecule has 0 bridgehead atoms. The largest absolute Gasteiger partial charge is 0.484 e. The number of amides is 1. The van der Waals surface area contributed by atoms with Gasteiger partial charge in [-0.3, -0.25) is 4.79 Å². The van der Waals surface area contributed by atoms with Crippen molar-refractivity contribution in [3.8, 4) is 11.6 Å². The first-order chi connectivity index (χ1) is 16.9. The minimum atomic E-state index is -0.586. The third-order valence-corrected chi connectivity index (χ3v) is 5.54. The monoisotopic (exact) mass is 472 g/mol. The Kier molecular flexibility index (Phi) is 7.10. The van der Waals surface area contributed by atoms with E-state index in [4.69, 9.17) is 9.47 Å². The number of fused-ring (bicyclic) bond motifs is 1. The molecule has 1 amide bonds. The zero-order valence-electron chi connectivity index (χ0n) is 20.2. The van der Waals surface area contributed by atoms with Crippen LogP contribution in [0.1, 0.15) is 48.2 Å². The average molecular weight is 473 g/mol. The van der Waals surface area contributed by atoms with E-state index in [-0.39, 0.29) is 24.6 Å². The molecule has 4 rings (SSSR count). The number of ether oxygens (including phenoxy) is 2. The Morgan fingerprint density at radius 1 is 1.09 bits per heavy atom. The van der Waals surface area contributed by atoms with Crippen LogP contribution in [-0.4, -0.2) is 39.9 Å². The van der Waals surface area contributed by atoms with Crippen LogP contribution in [0.5, 0.6) is 5.75 Å². The number of nitrogens with zero attached hydrogens (tertiary/aromatic N) is 3. The molecule has 180 valence electrons. The number of esters is 1. The summed E-state index contributed by atoms with van der Waals surface area (Å²) in [5.41, 5.74) is 3.02. The zero-order valence-corrected chi connectivity index (χ0v) is 20.2. The molecule has 2 heterocycles. The van der Waals surface area contributed by atoms with Crippen molar-refractivity contribution in [3.63, 3.8) is 0 Å². The first-order valence-electron chi connectivity index (χ1n) is 11.5. The van der Waals surface area contributed by atoms with E-state index in [0.717, 1.165) is 22.0 Å². The summed E-state index contributed by atoms with van der Waals surface area (Å²) < 4.78 is 12.3. The number of rotatable bonds is 8. The van der Waals surface area contributed by atoms with Gasteiger partial charge in [0, 0.05) is 5.39 Å².